The minimum atomic E-state index is 0.590. The predicted octanol–water partition coefficient (Wildman–Crippen LogP) is 5.26. The Bertz CT molecular complexity index is 903. The molecule has 2 aliphatic rings. The minimum absolute atomic E-state index is 0.590. The van der Waals surface area contributed by atoms with Crippen LogP contribution in [0.4, 0.5) is 17.6 Å². The number of piperidine rings is 1. The Morgan fingerprint density at radius 3 is 2.26 bits per heavy atom. The summed E-state index contributed by atoms with van der Waals surface area (Å²) < 4.78 is 0. The number of nitrogens with one attached hydrogen (secondary N) is 2. The van der Waals surface area contributed by atoms with Crippen LogP contribution in [0.15, 0.2) is 36.4 Å². The Balaban J connectivity index is 1.43. The van der Waals surface area contributed by atoms with Crippen molar-refractivity contribution in [2.24, 2.45) is 11.8 Å². The average molecular weight is 481 g/mol. The van der Waals surface area contributed by atoms with E-state index in [9.17, 15) is 0 Å². The van der Waals surface area contributed by atoms with Gasteiger partial charge in [-0.05, 0) is 61.7 Å². The van der Waals surface area contributed by atoms with E-state index in [0.717, 1.165) is 57.2 Å². The molecule has 0 saturated carbocycles. The first kappa shape index (κ1) is 24.7. The molecule has 7 heteroatoms. The van der Waals surface area contributed by atoms with Gasteiger partial charge in [-0.2, -0.15) is 9.97 Å². The fraction of sp³-hybridized carbons (Fsp3) is 0.593. The summed E-state index contributed by atoms with van der Waals surface area (Å²) in [7, 11) is 0. The van der Waals surface area contributed by atoms with Crippen LogP contribution in [0.5, 0.6) is 0 Å². The van der Waals surface area contributed by atoms with Crippen molar-refractivity contribution in [3.8, 4) is 0 Å². The van der Waals surface area contributed by atoms with Crippen LogP contribution in [0.3, 0.4) is 0 Å². The molecule has 2 aliphatic heterocycles. The highest BCUT2D eigenvalue weighted by molar-refractivity contribution is 7.80. The van der Waals surface area contributed by atoms with Crippen LogP contribution in [0, 0.1) is 11.8 Å². The van der Waals surface area contributed by atoms with Crippen LogP contribution in [0.25, 0.3) is 0 Å². The number of anilines is 3. The van der Waals surface area contributed by atoms with Crippen LogP contribution in [0.2, 0.25) is 0 Å². The molecule has 34 heavy (non-hydrogen) atoms. The molecular weight excluding hydrogens is 440 g/mol. The lowest BCUT2D eigenvalue weighted by molar-refractivity contribution is 0.355. The van der Waals surface area contributed by atoms with Gasteiger partial charge in [0.1, 0.15) is 11.6 Å². The summed E-state index contributed by atoms with van der Waals surface area (Å²) in [5.74, 6) is 3.98. The lowest BCUT2D eigenvalue weighted by Crippen LogP contribution is -2.39. The van der Waals surface area contributed by atoms with E-state index in [0.29, 0.717) is 22.9 Å². The molecule has 3 heterocycles. The third-order valence-corrected chi connectivity index (χ3v) is 7.06. The van der Waals surface area contributed by atoms with Crippen LogP contribution < -0.4 is 20.4 Å². The Kier molecular flexibility index (Phi) is 8.97. The van der Waals surface area contributed by atoms with Crippen molar-refractivity contribution >= 4 is 34.9 Å². The maximum absolute atomic E-state index is 5.60. The second-order valence-electron chi connectivity index (χ2n) is 10.1. The maximum atomic E-state index is 5.60. The first-order valence-electron chi connectivity index (χ1n) is 13.0. The topological polar surface area (TPSA) is 56.3 Å². The summed E-state index contributed by atoms with van der Waals surface area (Å²) >= 11 is 5.60. The highest BCUT2D eigenvalue weighted by Gasteiger charge is 2.24. The molecule has 4 rings (SSSR count). The van der Waals surface area contributed by atoms with Crippen molar-refractivity contribution in [2.45, 2.75) is 58.8 Å². The zero-order valence-corrected chi connectivity index (χ0v) is 21.6. The monoisotopic (exact) mass is 480 g/mol. The largest absolute Gasteiger partial charge is 0.362 e. The molecule has 0 amide bonds. The lowest BCUT2D eigenvalue weighted by Gasteiger charge is -2.36. The van der Waals surface area contributed by atoms with Gasteiger partial charge in [0.15, 0.2) is 5.11 Å². The molecule has 1 aromatic carbocycles. The third kappa shape index (κ3) is 7.29. The van der Waals surface area contributed by atoms with Crippen molar-refractivity contribution in [3.63, 3.8) is 0 Å². The van der Waals surface area contributed by atoms with Crippen molar-refractivity contribution in [3.05, 3.63) is 42.0 Å². The highest BCUT2D eigenvalue weighted by Crippen LogP contribution is 2.29. The van der Waals surface area contributed by atoms with Gasteiger partial charge in [-0.15, -0.1) is 0 Å². The van der Waals surface area contributed by atoms with Gasteiger partial charge in [0.2, 0.25) is 5.95 Å². The van der Waals surface area contributed by atoms with Gasteiger partial charge in [-0.1, -0.05) is 57.0 Å². The molecule has 0 unspecified atom stereocenters. The number of aryl methyl sites for hydroxylation is 1. The van der Waals surface area contributed by atoms with E-state index < -0.39 is 0 Å². The molecular formula is C27H40N6S. The Morgan fingerprint density at radius 1 is 0.941 bits per heavy atom. The first-order chi connectivity index (χ1) is 16.6. The molecule has 184 valence electrons. The highest BCUT2D eigenvalue weighted by atomic mass is 32.1. The summed E-state index contributed by atoms with van der Waals surface area (Å²) in [4.78, 5) is 14.7. The van der Waals surface area contributed by atoms with Crippen LogP contribution in [0.1, 0.15) is 57.9 Å². The van der Waals surface area contributed by atoms with E-state index in [2.05, 4.69) is 70.7 Å². The van der Waals surface area contributed by atoms with Crippen molar-refractivity contribution in [1.82, 2.24) is 15.3 Å². The van der Waals surface area contributed by atoms with Gasteiger partial charge in [0.25, 0.3) is 0 Å². The Hall–Kier alpha value is -2.41. The quantitative estimate of drug-likeness (QED) is 0.414. The van der Waals surface area contributed by atoms with Gasteiger partial charge >= 0.3 is 0 Å². The van der Waals surface area contributed by atoms with Crippen molar-refractivity contribution < 1.29 is 0 Å². The normalized spacial score (nSPS) is 21.1. The number of aromatic nitrogens is 2. The van der Waals surface area contributed by atoms with Gasteiger partial charge in [0.05, 0.1) is 0 Å². The molecule has 0 bridgehead atoms. The Labute approximate surface area is 210 Å². The maximum Gasteiger partial charge on any atom is 0.232 e. The number of rotatable bonds is 7. The fourth-order valence-corrected chi connectivity index (χ4v) is 5.43. The number of hydrogen-bond donors (Lipinski definition) is 2. The van der Waals surface area contributed by atoms with Crippen LogP contribution in [-0.2, 0) is 6.42 Å². The predicted molar refractivity (Wildman–Crippen MR) is 147 cm³/mol. The summed E-state index contributed by atoms with van der Waals surface area (Å²) in [6, 6.07) is 12.8. The smallest absolute Gasteiger partial charge is 0.232 e. The fourth-order valence-electron chi connectivity index (χ4n) is 5.24. The molecule has 2 saturated heterocycles. The van der Waals surface area contributed by atoms with Crippen molar-refractivity contribution in [2.75, 3.05) is 47.8 Å². The second kappa shape index (κ2) is 12.3. The summed E-state index contributed by atoms with van der Waals surface area (Å²) in [6.45, 7) is 9.71. The Morgan fingerprint density at radius 2 is 1.59 bits per heavy atom. The molecule has 2 aromatic rings. The summed E-state index contributed by atoms with van der Waals surface area (Å²) in [6.07, 6.45) is 8.39. The first-order valence-corrected chi connectivity index (χ1v) is 13.5. The second-order valence-corrected chi connectivity index (χ2v) is 10.5. The van der Waals surface area contributed by atoms with E-state index in [-0.39, 0.29) is 0 Å². The van der Waals surface area contributed by atoms with E-state index in [1.165, 1.54) is 37.7 Å². The number of nitrogens with zero attached hydrogens (tertiary/aromatic N) is 4. The third-order valence-electron chi connectivity index (χ3n) is 6.82. The van der Waals surface area contributed by atoms with Gasteiger partial charge in [-0.25, -0.2) is 0 Å². The van der Waals surface area contributed by atoms with E-state index in [1.807, 2.05) is 0 Å². The molecule has 6 nitrogen and oxygen atoms in total. The number of benzene rings is 1. The van der Waals surface area contributed by atoms with Crippen LogP contribution >= 0.6 is 12.2 Å². The molecule has 2 atom stereocenters. The zero-order chi connectivity index (χ0) is 23.8. The lowest BCUT2D eigenvalue weighted by atomic mass is 9.92. The van der Waals surface area contributed by atoms with E-state index >= 15 is 0 Å². The van der Waals surface area contributed by atoms with E-state index in [4.69, 9.17) is 22.2 Å². The standard InChI is InChI=1S/C27H40N6S/c1-21-17-22(2)20-33(19-21)25-18-24(32-15-8-3-4-9-16-32)29-26(30-25)31-27(34)28-14-10-13-23-11-6-5-7-12-23/h5-7,11-12,18,21-22H,3-4,8-10,13-17,19-20H2,1-2H3,(H2,28,29,30,31,34)/t21-,22-/m1/s1. The molecule has 2 fully saturated rings. The average Bonchev–Trinajstić information content (AvgIpc) is 3.11. The van der Waals surface area contributed by atoms with E-state index in [1.54, 1.807) is 0 Å². The summed E-state index contributed by atoms with van der Waals surface area (Å²) in [5, 5.41) is 7.21. The minimum Gasteiger partial charge on any atom is -0.362 e. The molecule has 0 spiro atoms. The molecule has 2 N–H and O–H groups in total. The number of thiocarbonyl (C=S) groups is 1. The van der Waals surface area contributed by atoms with Gasteiger partial charge < -0.3 is 20.4 Å². The summed E-state index contributed by atoms with van der Waals surface area (Å²) in [5.41, 5.74) is 1.35. The van der Waals surface area contributed by atoms with Crippen LogP contribution in [-0.4, -0.2) is 47.8 Å². The number of hydrogen-bond acceptors (Lipinski definition) is 5. The van der Waals surface area contributed by atoms with Crippen molar-refractivity contribution in [1.29, 1.82) is 0 Å². The molecule has 0 radical (unpaired) electrons. The molecule has 0 aliphatic carbocycles. The van der Waals surface area contributed by atoms with Gasteiger partial charge in [-0.3, -0.25) is 0 Å². The van der Waals surface area contributed by atoms with Gasteiger partial charge in [0, 0.05) is 38.8 Å². The zero-order valence-electron chi connectivity index (χ0n) is 20.8. The molecule has 1 aromatic heterocycles. The SMILES string of the molecule is C[C@@H]1C[C@@H](C)CN(c2cc(N3CCCCCC3)nc(NC(=S)NCCCc3ccccc3)n2)C1.